The molecule has 0 aliphatic carbocycles. The molecule has 0 rings (SSSR count). The lowest BCUT2D eigenvalue weighted by molar-refractivity contribution is -0.120. The van der Waals surface area contributed by atoms with Crippen LogP contribution in [0.3, 0.4) is 0 Å². The third-order valence-corrected chi connectivity index (χ3v) is 1.48. The second-order valence-corrected chi connectivity index (χ2v) is 2.34. The van der Waals surface area contributed by atoms with Crippen molar-refractivity contribution in [3.05, 3.63) is 12.8 Å². The molecule has 2 nitrogen and oxygen atoms in total. The third-order valence-electron chi connectivity index (χ3n) is 1.48. The fourth-order valence-electron chi connectivity index (χ4n) is 0.531. The molecular formula is C8H14O2. The van der Waals surface area contributed by atoms with Crippen molar-refractivity contribution in [2.45, 2.75) is 20.3 Å². The summed E-state index contributed by atoms with van der Waals surface area (Å²) in [6, 6.07) is 0. The maximum atomic E-state index is 10.7. The first-order valence-electron chi connectivity index (χ1n) is 3.41. The first kappa shape index (κ1) is 9.21. The third kappa shape index (κ3) is 4.13. The number of Topliss-reactive ketones (excluding diaryl/α,β-unsaturated/α-hetero) is 1. The summed E-state index contributed by atoms with van der Waals surface area (Å²) in [4.78, 5) is 10.7. The Morgan fingerprint density at radius 1 is 1.80 bits per heavy atom. The number of hydrogen-bond acceptors (Lipinski definition) is 2. The summed E-state index contributed by atoms with van der Waals surface area (Å²) >= 11 is 0. The molecule has 1 unspecified atom stereocenters. The lowest BCUT2D eigenvalue weighted by Crippen LogP contribution is -2.08. The zero-order valence-electron chi connectivity index (χ0n) is 6.59. The molecule has 0 amide bonds. The molecule has 0 spiro atoms. The molecule has 10 heavy (non-hydrogen) atoms. The van der Waals surface area contributed by atoms with Gasteiger partial charge in [-0.15, -0.1) is 0 Å². The first-order valence-corrected chi connectivity index (χ1v) is 3.41. The summed E-state index contributed by atoms with van der Waals surface area (Å²) in [7, 11) is 0. The van der Waals surface area contributed by atoms with E-state index >= 15 is 0 Å². The highest BCUT2D eigenvalue weighted by atomic mass is 16.5. The minimum Gasteiger partial charge on any atom is -0.502 e. The van der Waals surface area contributed by atoms with Gasteiger partial charge in [0.05, 0.1) is 12.9 Å². The van der Waals surface area contributed by atoms with Crippen LogP contribution < -0.4 is 0 Å². The largest absolute Gasteiger partial charge is 0.502 e. The highest BCUT2D eigenvalue weighted by Crippen LogP contribution is 2.02. The number of carbonyl (C=O) groups excluding carboxylic acids is 1. The van der Waals surface area contributed by atoms with Gasteiger partial charge in [0.2, 0.25) is 0 Å². The first-order chi connectivity index (χ1) is 4.68. The average Bonchev–Trinajstić information content (AvgIpc) is 1.88. The fourth-order valence-corrected chi connectivity index (χ4v) is 0.531. The highest BCUT2D eigenvalue weighted by molar-refractivity contribution is 5.77. The van der Waals surface area contributed by atoms with Crippen molar-refractivity contribution in [2.24, 2.45) is 5.92 Å². The van der Waals surface area contributed by atoms with E-state index in [1.165, 1.54) is 6.26 Å². The van der Waals surface area contributed by atoms with E-state index in [-0.39, 0.29) is 11.7 Å². The zero-order chi connectivity index (χ0) is 7.98. The smallest absolute Gasteiger partial charge is 0.132 e. The maximum absolute atomic E-state index is 10.7. The number of carbonyl (C=O) groups is 1. The molecule has 58 valence electrons. The number of ketones is 1. The van der Waals surface area contributed by atoms with Gasteiger partial charge in [-0.3, -0.25) is 4.79 Å². The van der Waals surface area contributed by atoms with Crippen LogP contribution in [0.1, 0.15) is 20.3 Å². The molecule has 0 radical (unpaired) electrons. The van der Waals surface area contributed by atoms with Gasteiger partial charge < -0.3 is 4.74 Å². The minimum atomic E-state index is 0.111. The predicted octanol–water partition coefficient (Wildman–Crippen LogP) is 1.76. The van der Waals surface area contributed by atoms with Crippen molar-refractivity contribution in [1.82, 2.24) is 0 Å². The van der Waals surface area contributed by atoms with Crippen LogP contribution in [0.15, 0.2) is 12.8 Å². The lowest BCUT2D eigenvalue weighted by Gasteiger charge is -2.05. The molecule has 0 aromatic heterocycles. The summed E-state index contributed by atoms with van der Waals surface area (Å²) in [5, 5.41) is 0. The molecule has 0 heterocycles. The Labute approximate surface area is 61.9 Å². The van der Waals surface area contributed by atoms with Gasteiger partial charge in [-0.25, -0.2) is 0 Å². The number of hydrogen-bond donors (Lipinski definition) is 0. The Hall–Kier alpha value is -0.790. The van der Waals surface area contributed by atoms with Gasteiger partial charge in [-0.2, -0.15) is 0 Å². The Morgan fingerprint density at radius 3 is 2.80 bits per heavy atom. The van der Waals surface area contributed by atoms with Gasteiger partial charge in [0.25, 0.3) is 0 Å². The minimum absolute atomic E-state index is 0.111. The van der Waals surface area contributed by atoms with E-state index in [2.05, 4.69) is 6.58 Å². The summed E-state index contributed by atoms with van der Waals surface area (Å²) in [6.07, 6.45) is 2.17. The van der Waals surface area contributed by atoms with Crippen LogP contribution in [-0.2, 0) is 9.53 Å². The van der Waals surface area contributed by atoms with Crippen LogP contribution in [0.2, 0.25) is 0 Å². The Bertz CT molecular complexity index is 118. The van der Waals surface area contributed by atoms with Crippen LogP contribution in [0, 0.1) is 5.92 Å². The summed E-state index contributed by atoms with van der Waals surface area (Å²) in [5.41, 5.74) is 0. The predicted molar refractivity (Wildman–Crippen MR) is 40.6 cm³/mol. The van der Waals surface area contributed by atoms with Gasteiger partial charge in [-0.1, -0.05) is 13.5 Å². The van der Waals surface area contributed by atoms with Gasteiger partial charge >= 0.3 is 0 Å². The molecule has 0 aromatic carbocycles. The monoisotopic (exact) mass is 142 g/mol. The summed E-state index contributed by atoms with van der Waals surface area (Å²) in [6.45, 7) is 7.48. The molecular weight excluding hydrogens is 128 g/mol. The van der Waals surface area contributed by atoms with Crippen molar-refractivity contribution in [3.8, 4) is 0 Å². The topological polar surface area (TPSA) is 26.3 Å². The van der Waals surface area contributed by atoms with Gasteiger partial charge in [0.1, 0.15) is 5.78 Å². The van der Waals surface area contributed by atoms with Crippen molar-refractivity contribution in [3.63, 3.8) is 0 Å². The number of rotatable bonds is 5. The van der Waals surface area contributed by atoms with E-state index in [0.29, 0.717) is 6.61 Å². The van der Waals surface area contributed by atoms with Crippen LogP contribution >= 0.6 is 0 Å². The van der Waals surface area contributed by atoms with Crippen molar-refractivity contribution in [2.75, 3.05) is 6.61 Å². The van der Waals surface area contributed by atoms with E-state index in [4.69, 9.17) is 4.74 Å². The van der Waals surface area contributed by atoms with Crippen LogP contribution in [0.25, 0.3) is 0 Å². The van der Waals surface area contributed by atoms with E-state index in [1.54, 1.807) is 6.92 Å². The van der Waals surface area contributed by atoms with Gasteiger partial charge in [-0.05, 0) is 13.3 Å². The molecule has 2 heteroatoms. The van der Waals surface area contributed by atoms with Crippen LogP contribution in [-0.4, -0.2) is 12.4 Å². The summed E-state index contributed by atoms with van der Waals surface area (Å²) < 4.78 is 4.87. The molecule has 0 saturated heterocycles. The lowest BCUT2D eigenvalue weighted by atomic mass is 10.1. The molecule has 0 bridgehead atoms. The average molecular weight is 142 g/mol. The Morgan fingerprint density at radius 2 is 2.40 bits per heavy atom. The molecule has 0 aliphatic heterocycles. The normalized spacial score (nSPS) is 12.2. The molecule has 0 fully saturated rings. The van der Waals surface area contributed by atoms with E-state index in [0.717, 1.165) is 6.42 Å². The fraction of sp³-hybridized carbons (Fsp3) is 0.625. The summed E-state index contributed by atoms with van der Waals surface area (Å²) in [5.74, 6) is 0.326. The molecule has 0 aliphatic rings. The van der Waals surface area contributed by atoms with E-state index in [1.807, 2.05) is 6.92 Å². The van der Waals surface area contributed by atoms with Crippen molar-refractivity contribution >= 4 is 5.78 Å². The van der Waals surface area contributed by atoms with E-state index < -0.39 is 0 Å². The maximum Gasteiger partial charge on any atom is 0.132 e. The Balaban J connectivity index is 3.30. The zero-order valence-corrected chi connectivity index (χ0v) is 6.59. The second-order valence-electron chi connectivity index (χ2n) is 2.34. The molecule has 1 atom stereocenters. The van der Waals surface area contributed by atoms with Crippen molar-refractivity contribution in [1.29, 1.82) is 0 Å². The van der Waals surface area contributed by atoms with Gasteiger partial charge in [0.15, 0.2) is 0 Å². The number of ether oxygens (including phenoxy) is 1. The SMILES string of the molecule is C=COCCC(C)C(C)=O. The molecule has 0 aromatic rings. The quantitative estimate of drug-likeness (QED) is 0.432. The van der Waals surface area contributed by atoms with Crippen LogP contribution in [0.5, 0.6) is 0 Å². The standard InChI is InChI=1S/C8H14O2/c1-4-10-6-5-7(2)8(3)9/h4,7H,1,5-6H2,2-3H3. The van der Waals surface area contributed by atoms with Crippen molar-refractivity contribution < 1.29 is 9.53 Å². The Kier molecular flexibility index (Phi) is 4.63. The van der Waals surface area contributed by atoms with E-state index in [9.17, 15) is 4.79 Å². The second kappa shape index (κ2) is 5.03. The molecule has 0 saturated carbocycles. The highest BCUT2D eigenvalue weighted by Gasteiger charge is 2.05. The van der Waals surface area contributed by atoms with Crippen LogP contribution in [0.4, 0.5) is 0 Å². The molecule has 0 N–H and O–H groups in total. The van der Waals surface area contributed by atoms with Gasteiger partial charge in [0, 0.05) is 5.92 Å².